The van der Waals surface area contributed by atoms with Gasteiger partial charge < -0.3 is 5.11 Å². The van der Waals surface area contributed by atoms with Crippen molar-refractivity contribution >= 4 is 0 Å². The number of aromatic nitrogens is 5. The van der Waals surface area contributed by atoms with Gasteiger partial charge in [-0.25, -0.2) is 17.9 Å². The number of benzene rings is 2. The van der Waals surface area contributed by atoms with Crippen molar-refractivity contribution in [1.82, 2.24) is 25.2 Å². The van der Waals surface area contributed by atoms with Gasteiger partial charge in [-0.1, -0.05) is 17.9 Å². The topological polar surface area (TPSA) is 76.7 Å². The largest absolute Gasteiger partial charge is 0.377 e. The minimum Gasteiger partial charge on any atom is -0.377 e. The minimum absolute atomic E-state index is 0.118. The Morgan fingerprint density at radius 2 is 1.77 bits per heavy atom. The molecule has 0 bridgehead atoms. The second-order valence-electron chi connectivity index (χ2n) is 7.73. The molecule has 11 heteroatoms. The average molecular weight is 485 g/mol. The van der Waals surface area contributed by atoms with Crippen LogP contribution >= 0.6 is 0 Å². The number of pyridine rings is 1. The van der Waals surface area contributed by atoms with Crippen LogP contribution in [0.1, 0.15) is 27.9 Å². The highest BCUT2D eigenvalue weighted by Gasteiger charge is 2.57. The molecular weight excluding hydrogens is 469 g/mol. The molecule has 178 valence electrons. The minimum atomic E-state index is -4.19. The van der Waals surface area contributed by atoms with Gasteiger partial charge in [0.15, 0.2) is 5.60 Å². The zero-order valence-corrected chi connectivity index (χ0v) is 18.1. The van der Waals surface area contributed by atoms with Crippen LogP contribution < -0.4 is 0 Å². The molecule has 2 heterocycles. The van der Waals surface area contributed by atoms with Crippen LogP contribution in [-0.4, -0.2) is 30.3 Å². The monoisotopic (exact) mass is 485 g/mol. The predicted molar refractivity (Wildman–Crippen MR) is 113 cm³/mol. The van der Waals surface area contributed by atoms with Crippen molar-refractivity contribution in [3.05, 3.63) is 106 Å². The molecule has 0 aliphatic rings. The van der Waals surface area contributed by atoms with Crippen LogP contribution in [0.3, 0.4) is 0 Å². The Hall–Kier alpha value is -4.17. The van der Waals surface area contributed by atoms with Gasteiger partial charge in [0.05, 0.1) is 12.1 Å². The summed E-state index contributed by atoms with van der Waals surface area (Å²) in [5.74, 6) is -1.88. The van der Waals surface area contributed by atoms with E-state index in [9.17, 15) is 18.3 Å². The van der Waals surface area contributed by atoms with E-state index < -0.39 is 46.8 Å². The lowest BCUT2D eigenvalue weighted by atomic mass is 9.84. The van der Waals surface area contributed by atoms with Gasteiger partial charge in [0.25, 0.3) is 0 Å². The summed E-state index contributed by atoms with van der Waals surface area (Å²) in [6.07, 6.45) is 1.97. The van der Waals surface area contributed by atoms with Gasteiger partial charge in [-0.05, 0) is 59.3 Å². The van der Waals surface area contributed by atoms with Gasteiger partial charge >= 0.3 is 5.92 Å². The number of nitrogens with zero attached hydrogens (tertiary/aromatic N) is 5. The summed E-state index contributed by atoms with van der Waals surface area (Å²) in [5, 5.41) is 21.2. The molecular formula is C24H16F5N5O. The highest BCUT2D eigenvalue weighted by atomic mass is 19.3. The number of hydrogen-bond donors (Lipinski definition) is 1. The van der Waals surface area contributed by atoms with Gasteiger partial charge in [-0.2, -0.15) is 8.78 Å². The molecule has 1 unspecified atom stereocenters. The third-order valence-electron chi connectivity index (χ3n) is 5.23. The van der Waals surface area contributed by atoms with Crippen molar-refractivity contribution in [3.8, 4) is 11.8 Å². The van der Waals surface area contributed by atoms with Crippen molar-refractivity contribution in [2.24, 2.45) is 0 Å². The molecule has 0 spiro atoms. The van der Waals surface area contributed by atoms with Crippen molar-refractivity contribution in [3.63, 3.8) is 0 Å². The van der Waals surface area contributed by atoms with Crippen molar-refractivity contribution in [2.45, 2.75) is 25.0 Å². The molecule has 6 nitrogen and oxygen atoms in total. The van der Waals surface area contributed by atoms with E-state index >= 15 is 8.78 Å². The highest BCUT2D eigenvalue weighted by Crippen LogP contribution is 2.46. The maximum atomic E-state index is 15.7. The summed E-state index contributed by atoms with van der Waals surface area (Å²) < 4.78 is 74.1. The number of aryl methyl sites for hydroxylation is 1. The third-order valence-corrected chi connectivity index (χ3v) is 5.23. The van der Waals surface area contributed by atoms with Gasteiger partial charge in [0.1, 0.15) is 29.5 Å². The van der Waals surface area contributed by atoms with Crippen molar-refractivity contribution < 1.29 is 27.1 Å². The molecule has 0 aliphatic heterocycles. The fraction of sp³-hybridized carbons (Fsp3) is 0.167. The third kappa shape index (κ3) is 4.74. The first-order valence-electron chi connectivity index (χ1n) is 10.1. The van der Waals surface area contributed by atoms with E-state index in [1.54, 1.807) is 13.0 Å². The lowest BCUT2D eigenvalue weighted by Gasteiger charge is -2.35. The molecule has 0 fully saturated rings. The van der Waals surface area contributed by atoms with Crippen LogP contribution in [0, 0.1) is 36.2 Å². The molecule has 4 aromatic rings. The highest BCUT2D eigenvalue weighted by molar-refractivity contribution is 5.44. The fourth-order valence-electron chi connectivity index (χ4n) is 3.39. The molecule has 0 radical (unpaired) electrons. The molecule has 0 saturated heterocycles. The Morgan fingerprint density at radius 1 is 0.971 bits per heavy atom. The molecule has 2 aromatic carbocycles. The van der Waals surface area contributed by atoms with E-state index in [1.165, 1.54) is 18.2 Å². The van der Waals surface area contributed by atoms with Gasteiger partial charge in [0.2, 0.25) is 0 Å². The maximum Gasteiger partial charge on any atom is 0.323 e. The van der Waals surface area contributed by atoms with Gasteiger partial charge in [-0.15, -0.1) is 5.10 Å². The quantitative estimate of drug-likeness (QED) is 0.343. The second kappa shape index (κ2) is 9.23. The molecule has 2 aromatic heterocycles. The molecule has 0 saturated carbocycles. The van der Waals surface area contributed by atoms with E-state index in [0.29, 0.717) is 11.6 Å². The summed E-state index contributed by atoms with van der Waals surface area (Å²) in [7, 11) is 0. The number of halogens is 5. The molecule has 35 heavy (non-hydrogen) atoms. The number of tetrazole rings is 1. The number of alkyl halides is 2. The molecule has 0 aliphatic carbocycles. The van der Waals surface area contributed by atoms with Crippen molar-refractivity contribution in [1.29, 1.82) is 0 Å². The lowest BCUT2D eigenvalue weighted by molar-refractivity contribution is -0.207. The molecule has 0 amide bonds. The van der Waals surface area contributed by atoms with E-state index in [-0.39, 0.29) is 11.1 Å². The van der Waals surface area contributed by atoms with E-state index in [4.69, 9.17) is 0 Å². The summed E-state index contributed by atoms with van der Waals surface area (Å²) in [4.78, 5) is 3.70. The van der Waals surface area contributed by atoms with Gasteiger partial charge in [0, 0.05) is 23.4 Å². The first kappa shape index (κ1) is 24.0. The van der Waals surface area contributed by atoms with Crippen LogP contribution in [0.5, 0.6) is 0 Å². The predicted octanol–water partition coefficient (Wildman–Crippen LogP) is 3.87. The SMILES string of the molecule is Cc1ccc(C#Cc2ccc(C(F)(F)C(O)(Cn3cnnn3)c3ccc(F)cc3F)nc2)c(F)c1. The smallest absolute Gasteiger partial charge is 0.323 e. The average Bonchev–Trinajstić information content (AvgIpc) is 3.31. The van der Waals surface area contributed by atoms with Crippen LogP contribution in [0.2, 0.25) is 0 Å². The standard InChI is InChI=1S/C24H16F5N5O/c1-15-2-5-17(20(26)10-15)6-3-16-4-9-22(30-12-16)24(28,29)23(35,13-34-14-31-32-33-34)19-8-7-18(25)11-21(19)27/h2,4-5,7-12,14,35H,13H2,1H3. The number of rotatable bonds is 5. The summed E-state index contributed by atoms with van der Waals surface area (Å²) in [5.41, 5.74) is -4.00. The van der Waals surface area contributed by atoms with Crippen molar-refractivity contribution in [2.75, 3.05) is 0 Å². The Labute approximate surface area is 196 Å². The van der Waals surface area contributed by atoms with E-state index in [0.717, 1.165) is 35.4 Å². The van der Waals surface area contributed by atoms with E-state index in [1.807, 2.05) is 0 Å². The Kier molecular flexibility index (Phi) is 6.32. The zero-order chi connectivity index (χ0) is 25.2. The second-order valence-corrected chi connectivity index (χ2v) is 7.73. The van der Waals surface area contributed by atoms with E-state index in [2.05, 4.69) is 32.4 Å². The first-order chi connectivity index (χ1) is 16.6. The number of aliphatic hydroxyl groups is 1. The molecule has 1 atom stereocenters. The van der Waals surface area contributed by atoms with Crippen LogP contribution in [0.4, 0.5) is 22.0 Å². The summed E-state index contributed by atoms with van der Waals surface area (Å²) >= 11 is 0. The number of hydrogen-bond acceptors (Lipinski definition) is 5. The lowest BCUT2D eigenvalue weighted by Crippen LogP contribution is -2.48. The first-order valence-corrected chi connectivity index (χ1v) is 10.1. The molecule has 4 rings (SSSR count). The Morgan fingerprint density at radius 3 is 2.40 bits per heavy atom. The van der Waals surface area contributed by atoms with Crippen LogP contribution in [0.25, 0.3) is 0 Å². The van der Waals surface area contributed by atoms with Crippen LogP contribution in [0.15, 0.2) is 61.1 Å². The maximum absolute atomic E-state index is 15.7. The Balaban J connectivity index is 1.71. The summed E-state index contributed by atoms with van der Waals surface area (Å²) in [6, 6.07) is 8.43. The Bertz CT molecular complexity index is 1410. The zero-order valence-electron chi connectivity index (χ0n) is 18.1. The normalized spacial score (nSPS) is 13.1. The van der Waals surface area contributed by atoms with Gasteiger partial charge in [-0.3, -0.25) is 4.98 Å². The summed E-state index contributed by atoms with van der Waals surface area (Å²) in [6.45, 7) is 0.757. The van der Waals surface area contributed by atoms with Crippen LogP contribution in [-0.2, 0) is 18.1 Å². The molecule has 1 N–H and O–H groups in total. The fourth-order valence-corrected chi connectivity index (χ4v) is 3.39.